The lowest BCUT2D eigenvalue weighted by Crippen LogP contribution is -2.27. The van der Waals surface area contributed by atoms with Crippen molar-refractivity contribution in [3.63, 3.8) is 0 Å². The highest BCUT2D eigenvalue weighted by molar-refractivity contribution is 7.89. The molecule has 33 heavy (non-hydrogen) atoms. The third kappa shape index (κ3) is 3.94. The number of nitro groups is 1. The quantitative estimate of drug-likeness (QED) is 0.285. The number of nitro benzene ring substituents is 1. The molecule has 0 unspecified atom stereocenters. The van der Waals surface area contributed by atoms with Crippen LogP contribution in [0.15, 0.2) is 65.1 Å². The average molecular weight is 483 g/mol. The number of sulfonamides is 1. The molecular weight excluding hydrogens is 464 g/mol. The number of nitrogens with zero attached hydrogens (tertiary/aromatic N) is 4. The van der Waals surface area contributed by atoms with Crippen molar-refractivity contribution in [2.75, 3.05) is 13.1 Å². The Kier molecular flexibility index (Phi) is 5.52. The van der Waals surface area contributed by atoms with Crippen LogP contribution in [0.4, 0.5) is 5.69 Å². The summed E-state index contributed by atoms with van der Waals surface area (Å²) in [6.45, 7) is 0.821. The second-order valence-corrected chi connectivity index (χ2v) is 10.3. The third-order valence-corrected chi connectivity index (χ3v) is 8.24. The van der Waals surface area contributed by atoms with Gasteiger partial charge in [-0.1, -0.05) is 30.3 Å². The van der Waals surface area contributed by atoms with Crippen molar-refractivity contribution in [2.24, 2.45) is 0 Å². The smallest absolute Gasteiger partial charge is 0.312 e. The van der Waals surface area contributed by atoms with E-state index in [1.807, 2.05) is 35.7 Å². The Hall–Kier alpha value is -3.41. The number of rotatable bonds is 6. The normalized spacial score (nSPS) is 14.5. The average Bonchev–Trinajstić information content (AvgIpc) is 3.51. The van der Waals surface area contributed by atoms with Crippen molar-refractivity contribution in [2.45, 2.75) is 17.7 Å². The van der Waals surface area contributed by atoms with Gasteiger partial charge in [0.25, 0.3) is 0 Å². The van der Waals surface area contributed by atoms with E-state index in [9.17, 15) is 18.5 Å². The van der Waals surface area contributed by atoms with Gasteiger partial charge in [-0.05, 0) is 30.5 Å². The summed E-state index contributed by atoms with van der Waals surface area (Å²) in [6.07, 6.45) is 2.88. The predicted octanol–water partition coefficient (Wildman–Crippen LogP) is 4.84. The highest BCUT2D eigenvalue weighted by Gasteiger charge is 2.30. The summed E-state index contributed by atoms with van der Waals surface area (Å²) >= 11 is 1.41. The number of thiophene rings is 1. The summed E-state index contributed by atoms with van der Waals surface area (Å²) < 4.78 is 33.0. The first-order chi connectivity index (χ1) is 15.9. The van der Waals surface area contributed by atoms with Gasteiger partial charge in [-0.2, -0.15) is 4.31 Å². The second-order valence-electron chi connectivity index (χ2n) is 7.47. The molecule has 4 aromatic rings. The maximum absolute atomic E-state index is 12.9. The van der Waals surface area contributed by atoms with E-state index in [4.69, 9.17) is 4.74 Å². The molecule has 168 valence electrons. The van der Waals surface area contributed by atoms with Crippen LogP contribution in [0.2, 0.25) is 0 Å². The largest absolute Gasteiger partial charge is 0.431 e. The van der Waals surface area contributed by atoms with Crippen molar-refractivity contribution in [3.05, 3.63) is 70.4 Å². The second kappa shape index (κ2) is 8.50. The van der Waals surface area contributed by atoms with Gasteiger partial charge in [0.2, 0.25) is 21.7 Å². The van der Waals surface area contributed by atoms with Gasteiger partial charge in [0.15, 0.2) is 0 Å². The lowest BCUT2D eigenvalue weighted by molar-refractivity contribution is -0.385. The molecule has 1 saturated heterocycles. The molecule has 0 bridgehead atoms. The summed E-state index contributed by atoms with van der Waals surface area (Å²) in [6, 6.07) is 13.3. The van der Waals surface area contributed by atoms with Crippen molar-refractivity contribution < 1.29 is 18.1 Å². The SMILES string of the molecule is O=[N+]([O-])c1cc(S(=O)(=O)N2CCCC2)ccc1Oc1ncnc2scc(-c3ccccc3)c12. The maximum Gasteiger partial charge on any atom is 0.312 e. The zero-order valence-electron chi connectivity index (χ0n) is 17.2. The van der Waals surface area contributed by atoms with Gasteiger partial charge in [0, 0.05) is 30.1 Å². The lowest BCUT2D eigenvalue weighted by Gasteiger charge is -2.16. The molecule has 5 rings (SSSR count). The molecule has 9 nitrogen and oxygen atoms in total. The van der Waals surface area contributed by atoms with E-state index in [1.165, 1.54) is 34.1 Å². The monoisotopic (exact) mass is 482 g/mol. The van der Waals surface area contributed by atoms with Gasteiger partial charge in [0.05, 0.1) is 15.2 Å². The van der Waals surface area contributed by atoms with Crippen LogP contribution in [-0.2, 0) is 10.0 Å². The molecule has 1 aliphatic heterocycles. The number of hydrogen-bond acceptors (Lipinski definition) is 8. The molecule has 0 N–H and O–H groups in total. The molecule has 0 saturated carbocycles. The van der Waals surface area contributed by atoms with E-state index in [-0.39, 0.29) is 16.5 Å². The summed E-state index contributed by atoms with van der Waals surface area (Å²) in [4.78, 5) is 20.2. The zero-order chi connectivity index (χ0) is 23.0. The lowest BCUT2D eigenvalue weighted by atomic mass is 10.1. The molecule has 11 heteroatoms. The van der Waals surface area contributed by atoms with Crippen LogP contribution in [-0.4, -0.2) is 40.7 Å². The zero-order valence-corrected chi connectivity index (χ0v) is 18.9. The molecule has 1 fully saturated rings. The number of ether oxygens (including phenoxy) is 1. The highest BCUT2D eigenvalue weighted by atomic mass is 32.2. The van der Waals surface area contributed by atoms with Crippen LogP contribution >= 0.6 is 11.3 Å². The minimum absolute atomic E-state index is 0.0921. The number of benzene rings is 2. The van der Waals surface area contributed by atoms with Gasteiger partial charge in [0.1, 0.15) is 11.2 Å². The summed E-state index contributed by atoms with van der Waals surface area (Å²) in [5.41, 5.74) is 1.34. The topological polar surface area (TPSA) is 116 Å². The molecule has 0 atom stereocenters. The van der Waals surface area contributed by atoms with E-state index in [1.54, 1.807) is 0 Å². The Labute approximate surface area is 193 Å². The minimum Gasteiger partial charge on any atom is -0.431 e. The minimum atomic E-state index is -3.80. The standard InChI is InChI=1S/C22H18N4O5S2/c27-26(28)18-12-16(33(29,30)25-10-4-5-11-25)8-9-19(18)31-21-20-17(15-6-2-1-3-7-15)13-32-22(20)24-14-23-21/h1-3,6-9,12-14H,4-5,10-11H2. The van der Waals surface area contributed by atoms with Crippen LogP contribution in [0.3, 0.4) is 0 Å². The fraction of sp³-hybridized carbons (Fsp3) is 0.182. The highest BCUT2D eigenvalue weighted by Crippen LogP contribution is 2.41. The van der Waals surface area contributed by atoms with E-state index >= 15 is 0 Å². The van der Waals surface area contributed by atoms with Gasteiger partial charge in [-0.15, -0.1) is 11.3 Å². The maximum atomic E-state index is 12.9. The van der Waals surface area contributed by atoms with Gasteiger partial charge < -0.3 is 4.74 Å². The van der Waals surface area contributed by atoms with Crippen LogP contribution in [0.1, 0.15) is 12.8 Å². The summed E-state index contributed by atoms with van der Waals surface area (Å²) in [7, 11) is -3.80. The van der Waals surface area contributed by atoms with Crippen molar-refractivity contribution in [3.8, 4) is 22.8 Å². The molecule has 2 aromatic heterocycles. The first-order valence-corrected chi connectivity index (χ1v) is 12.5. The van der Waals surface area contributed by atoms with Crippen LogP contribution < -0.4 is 4.74 Å². The molecule has 2 aromatic carbocycles. The van der Waals surface area contributed by atoms with Gasteiger partial charge in [-0.3, -0.25) is 10.1 Å². The van der Waals surface area contributed by atoms with Gasteiger partial charge >= 0.3 is 5.69 Å². The molecule has 0 radical (unpaired) electrons. The number of hydrogen-bond donors (Lipinski definition) is 0. The Morgan fingerprint density at radius 2 is 1.82 bits per heavy atom. The Morgan fingerprint density at radius 1 is 1.06 bits per heavy atom. The van der Waals surface area contributed by atoms with E-state index < -0.39 is 20.6 Å². The first kappa shape index (κ1) is 21.4. The molecule has 3 heterocycles. The fourth-order valence-electron chi connectivity index (χ4n) is 3.82. The summed E-state index contributed by atoms with van der Waals surface area (Å²) in [5, 5.41) is 14.4. The van der Waals surface area contributed by atoms with Crippen LogP contribution in [0, 0.1) is 10.1 Å². The summed E-state index contributed by atoms with van der Waals surface area (Å²) in [5.74, 6) is 0.0731. The van der Waals surface area contributed by atoms with Crippen molar-refractivity contribution in [1.29, 1.82) is 0 Å². The Balaban J connectivity index is 1.57. The molecule has 0 amide bonds. The van der Waals surface area contributed by atoms with E-state index in [0.717, 1.165) is 30.0 Å². The molecule has 1 aliphatic rings. The van der Waals surface area contributed by atoms with E-state index in [2.05, 4.69) is 9.97 Å². The molecule has 0 spiro atoms. The Morgan fingerprint density at radius 3 is 2.55 bits per heavy atom. The van der Waals surface area contributed by atoms with Crippen molar-refractivity contribution >= 4 is 37.3 Å². The fourth-order valence-corrected chi connectivity index (χ4v) is 6.27. The Bertz CT molecular complexity index is 1450. The molecule has 0 aliphatic carbocycles. The van der Waals surface area contributed by atoms with Crippen LogP contribution in [0.5, 0.6) is 11.6 Å². The molecular formula is C22H18N4O5S2. The van der Waals surface area contributed by atoms with E-state index in [0.29, 0.717) is 23.3 Å². The predicted molar refractivity (Wildman–Crippen MR) is 124 cm³/mol. The number of aromatic nitrogens is 2. The van der Waals surface area contributed by atoms with Gasteiger partial charge in [-0.25, -0.2) is 18.4 Å². The number of fused-ring (bicyclic) bond motifs is 1. The van der Waals surface area contributed by atoms with Crippen LogP contribution in [0.25, 0.3) is 21.3 Å². The van der Waals surface area contributed by atoms with Crippen molar-refractivity contribution in [1.82, 2.24) is 14.3 Å². The first-order valence-electron chi connectivity index (χ1n) is 10.2. The third-order valence-electron chi connectivity index (χ3n) is 5.46.